The van der Waals surface area contributed by atoms with Gasteiger partial charge in [-0.3, -0.25) is 9.78 Å². The number of amides is 1. The zero-order valence-corrected chi connectivity index (χ0v) is 12.9. The lowest BCUT2D eigenvalue weighted by molar-refractivity contribution is 0.0951. The van der Waals surface area contributed by atoms with Gasteiger partial charge in [-0.2, -0.15) is 0 Å². The highest BCUT2D eigenvalue weighted by Crippen LogP contribution is 2.26. The number of pyridine rings is 1. The molecule has 22 heavy (non-hydrogen) atoms. The number of nitrogens with zero attached hydrogens (tertiary/aromatic N) is 2. The Balaban J connectivity index is 1.77. The third kappa shape index (κ3) is 3.20. The Morgan fingerprint density at radius 3 is 2.68 bits per heavy atom. The van der Waals surface area contributed by atoms with E-state index in [0.29, 0.717) is 12.1 Å². The van der Waals surface area contributed by atoms with E-state index in [1.807, 2.05) is 36.6 Å². The van der Waals surface area contributed by atoms with E-state index in [4.69, 9.17) is 0 Å². The minimum atomic E-state index is -0.104. The molecule has 0 aliphatic heterocycles. The monoisotopic (exact) mass is 309 g/mol. The topological polar surface area (TPSA) is 54.9 Å². The molecule has 0 radical (unpaired) electrons. The van der Waals surface area contributed by atoms with Crippen molar-refractivity contribution in [2.24, 2.45) is 0 Å². The second kappa shape index (κ2) is 6.49. The predicted octanol–water partition coefficient (Wildman–Crippen LogP) is 3.44. The molecule has 4 nitrogen and oxygen atoms in total. The van der Waals surface area contributed by atoms with Crippen LogP contribution in [0.2, 0.25) is 0 Å². The maximum atomic E-state index is 12.1. The predicted molar refractivity (Wildman–Crippen MR) is 87.7 cm³/mol. The Kier molecular flexibility index (Phi) is 4.25. The first-order chi connectivity index (χ1) is 10.7. The van der Waals surface area contributed by atoms with E-state index in [9.17, 15) is 4.79 Å². The number of benzene rings is 1. The third-order valence-electron chi connectivity index (χ3n) is 3.25. The molecule has 3 rings (SSSR count). The summed E-state index contributed by atoms with van der Waals surface area (Å²) in [5, 5.41) is 5.95. The van der Waals surface area contributed by atoms with Crippen molar-refractivity contribution in [2.75, 3.05) is 0 Å². The van der Waals surface area contributed by atoms with Crippen LogP contribution in [0.4, 0.5) is 0 Å². The van der Waals surface area contributed by atoms with E-state index in [1.165, 1.54) is 0 Å². The summed E-state index contributed by atoms with van der Waals surface area (Å²) in [5.74, 6) is -0.104. The van der Waals surface area contributed by atoms with Gasteiger partial charge in [-0.05, 0) is 24.6 Å². The number of carbonyl (C=O) groups is 1. The average Bonchev–Trinajstić information content (AvgIpc) is 3.00. The summed E-state index contributed by atoms with van der Waals surface area (Å²) in [6.07, 6.45) is 3.22. The number of thiazole rings is 1. The van der Waals surface area contributed by atoms with Gasteiger partial charge < -0.3 is 5.32 Å². The van der Waals surface area contributed by atoms with Crippen LogP contribution >= 0.6 is 11.3 Å². The van der Waals surface area contributed by atoms with E-state index in [0.717, 1.165) is 21.8 Å². The first-order valence-corrected chi connectivity index (χ1v) is 7.80. The first kappa shape index (κ1) is 14.4. The normalized spacial score (nSPS) is 10.4. The van der Waals surface area contributed by atoms with Crippen molar-refractivity contribution in [3.05, 3.63) is 71.0 Å². The van der Waals surface area contributed by atoms with Crippen molar-refractivity contribution in [3.63, 3.8) is 0 Å². The highest BCUT2D eigenvalue weighted by molar-refractivity contribution is 7.13. The second-order valence-electron chi connectivity index (χ2n) is 4.87. The molecular formula is C17H15N3OS. The summed E-state index contributed by atoms with van der Waals surface area (Å²) >= 11 is 1.62. The molecule has 0 unspecified atom stereocenters. The lowest BCUT2D eigenvalue weighted by atomic mass is 10.1. The smallest absolute Gasteiger partial charge is 0.251 e. The number of hydrogen-bond donors (Lipinski definition) is 1. The van der Waals surface area contributed by atoms with Crippen LogP contribution in [-0.2, 0) is 6.54 Å². The van der Waals surface area contributed by atoms with Gasteiger partial charge in [-0.25, -0.2) is 4.98 Å². The zero-order valence-electron chi connectivity index (χ0n) is 12.1. The Labute approximate surface area is 132 Å². The van der Waals surface area contributed by atoms with Crippen LogP contribution < -0.4 is 5.32 Å². The quantitative estimate of drug-likeness (QED) is 0.803. The van der Waals surface area contributed by atoms with Gasteiger partial charge in [0.05, 0.1) is 0 Å². The number of nitrogens with one attached hydrogen (secondary N) is 1. The number of rotatable bonds is 4. The van der Waals surface area contributed by atoms with Crippen LogP contribution in [0.1, 0.15) is 21.6 Å². The first-order valence-electron chi connectivity index (χ1n) is 6.92. The minimum absolute atomic E-state index is 0.104. The molecule has 0 aliphatic rings. The van der Waals surface area contributed by atoms with Crippen molar-refractivity contribution < 1.29 is 4.79 Å². The van der Waals surface area contributed by atoms with Crippen LogP contribution in [-0.4, -0.2) is 15.9 Å². The summed E-state index contributed by atoms with van der Waals surface area (Å²) < 4.78 is 0. The van der Waals surface area contributed by atoms with E-state index >= 15 is 0 Å². The Bertz CT molecular complexity index is 783. The highest BCUT2D eigenvalue weighted by atomic mass is 32.1. The van der Waals surface area contributed by atoms with E-state index < -0.39 is 0 Å². The molecule has 110 valence electrons. The lowest BCUT2D eigenvalue weighted by Crippen LogP contribution is -2.23. The molecule has 3 aromatic rings. The lowest BCUT2D eigenvalue weighted by Gasteiger charge is -2.09. The van der Waals surface area contributed by atoms with Gasteiger partial charge >= 0.3 is 0 Å². The molecule has 2 aromatic heterocycles. The molecule has 5 heteroatoms. The molecule has 0 aliphatic carbocycles. The van der Waals surface area contributed by atoms with Gasteiger partial charge in [-0.1, -0.05) is 24.3 Å². The van der Waals surface area contributed by atoms with Gasteiger partial charge in [0.2, 0.25) is 0 Å². The summed E-state index contributed by atoms with van der Waals surface area (Å²) in [5.41, 5.74) is 3.74. The van der Waals surface area contributed by atoms with Crippen molar-refractivity contribution >= 4 is 17.2 Å². The highest BCUT2D eigenvalue weighted by Gasteiger charge is 2.10. The van der Waals surface area contributed by atoms with Crippen molar-refractivity contribution in [3.8, 4) is 10.6 Å². The fourth-order valence-electron chi connectivity index (χ4n) is 2.14. The largest absolute Gasteiger partial charge is 0.348 e. The molecule has 1 aromatic carbocycles. The molecular weight excluding hydrogens is 294 g/mol. The molecule has 1 amide bonds. The molecule has 0 bridgehead atoms. The standard InChI is InChI=1S/C17H15N3OS/c1-12-11-22-17(20-12)15-5-3-2-4-14(15)10-19-16(21)13-6-8-18-9-7-13/h2-9,11H,10H2,1H3,(H,19,21). The summed E-state index contributed by atoms with van der Waals surface area (Å²) in [4.78, 5) is 20.6. The van der Waals surface area contributed by atoms with Gasteiger partial charge in [0, 0.05) is 41.1 Å². The summed E-state index contributed by atoms with van der Waals surface area (Å²) in [6.45, 7) is 2.45. The number of aryl methyl sites for hydroxylation is 1. The van der Waals surface area contributed by atoms with Crippen molar-refractivity contribution in [1.82, 2.24) is 15.3 Å². The fraction of sp³-hybridized carbons (Fsp3) is 0.118. The van der Waals surface area contributed by atoms with E-state index in [-0.39, 0.29) is 5.91 Å². The Morgan fingerprint density at radius 2 is 1.95 bits per heavy atom. The zero-order chi connectivity index (χ0) is 15.4. The van der Waals surface area contributed by atoms with Gasteiger partial charge in [-0.15, -0.1) is 11.3 Å². The summed E-state index contributed by atoms with van der Waals surface area (Å²) in [6, 6.07) is 11.4. The minimum Gasteiger partial charge on any atom is -0.348 e. The van der Waals surface area contributed by atoms with Gasteiger partial charge in [0.25, 0.3) is 5.91 Å². The fourth-order valence-corrected chi connectivity index (χ4v) is 3.00. The average molecular weight is 309 g/mol. The maximum absolute atomic E-state index is 12.1. The van der Waals surface area contributed by atoms with Crippen LogP contribution in [0.25, 0.3) is 10.6 Å². The molecule has 2 heterocycles. The third-order valence-corrected chi connectivity index (χ3v) is 4.24. The molecule has 0 saturated carbocycles. The summed E-state index contributed by atoms with van der Waals surface area (Å²) in [7, 11) is 0. The molecule has 1 N–H and O–H groups in total. The number of hydrogen-bond acceptors (Lipinski definition) is 4. The van der Waals surface area contributed by atoms with Crippen LogP contribution in [0.3, 0.4) is 0 Å². The van der Waals surface area contributed by atoms with Gasteiger partial charge in [0.15, 0.2) is 0 Å². The molecule has 0 saturated heterocycles. The van der Waals surface area contributed by atoms with Crippen LogP contribution in [0, 0.1) is 6.92 Å². The van der Waals surface area contributed by atoms with Crippen molar-refractivity contribution in [1.29, 1.82) is 0 Å². The molecule has 0 fully saturated rings. The molecule has 0 atom stereocenters. The van der Waals surface area contributed by atoms with Crippen LogP contribution in [0.5, 0.6) is 0 Å². The second-order valence-corrected chi connectivity index (χ2v) is 5.73. The molecule has 0 spiro atoms. The van der Waals surface area contributed by atoms with E-state index in [1.54, 1.807) is 35.9 Å². The van der Waals surface area contributed by atoms with E-state index in [2.05, 4.69) is 15.3 Å². The number of carbonyl (C=O) groups excluding carboxylic acids is 1. The van der Waals surface area contributed by atoms with Crippen LogP contribution in [0.15, 0.2) is 54.2 Å². The SMILES string of the molecule is Cc1csc(-c2ccccc2CNC(=O)c2ccncc2)n1. The maximum Gasteiger partial charge on any atom is 0.251 e. The Morgan fingerprint density at radius 1 is 1.18 bits per heavy atom. The van der Waals surface area contributed by atoms with Crippen molar-refractivity contribution in [2.45, 2.75) is 13.5 Å². The number of aromatic nitrogens is 2. The Hall–Kier alpha value is -2.53. The van der Waals surface area contributed by atoms with Gasteiger partial charge in [0.1, 0.15) is 5.01 Å².